The third-order valence-corrected chi connectivity index (χ3v) is 6.92. The number of hydrogen-bond donors (Lipinski definition) is 1. The second-order valence-electron chi connectivity index (χ2n) is 7.67. The van der Waals surface area contributed by atoms with E-state index in [1.165, 1.54) is 26.0 Å². The number of hydrogen-bond acceptors (Lipinski definition) is 1. The van der Waals surface area contributed by atoms with Crippen molar-refractivity contribution < 1.29 is 26.3 Å². The molecule has 5 rings (SSSR count). The lowest BCUT2D eigenvalue weighted by Gasteiger charge is -2.26. The molecule has 0 radical (unpaired) electrons. The van der Waals surface area contributed by atoms with E-state index in [1.54, 1.807) is 36.4 Å². The first-order valence-electron chi connectivity index (χ1n) is 9.45. The van der Waals surface area contributed by atoms with E-state index >= 15 is 17.6 Å². The lowest BCUT2D eigenvalue weighted by molar-refractivity contribution is -0.254. The number of aromatic nitrogens is 1. The second kappa shape index (κ2) is 6.16. The van der Waals surface area contributed by atoms with Crippen molar-refractivity contribution in [2.24, 2.45) is 0 Å². The maximum atomic E-state index is 15.2. The summed E-state index contributed by atoms with van der Waals surface area (Å²) in [5, 5.41) is 0.445. The van der Waals surface area contributed by atoms with Crippen LogP contribution < -0.4 is 0 Å². The molecule has 160 valence electrons. The number of H-pyrrole nitrogens is 1. The van der Waals surface area contributed by atoms with Crippen molar-refractivity contribution in [3.63, 3.8) is 0 Å². The monoisotopic (exact) mass is 451 g/mol. The Hall–Kier alpha value is -2.74. The minimum absolute atomic E-state index is 0.124. The molecular weight excluding hydrogens is 436 g/mol. The third kappa shape index (κ3) is 2.39. The van der Waals surface area contributed by atoms with Gasteiger partial charge in [-0.05, 0) is 26.0 Å². The fourth-order valence-corrected chi connectivity index (χ4v) is 5.54. The van der Waals surface area contributed by atoms with Crippen LogP contribution in [-0.2, 0) is 0 Å². The van der Waals surface area contributed by atoms with E-state index in [0.717, 1.165) is 11.3 Å². The van der Waals surface area contributed by atoms with Gasteiger partial charge in [-0.25, -0.2) is 0 Å². The lowest BCUT2D eigenvalue weighted by Crippen LogP contribution is -2.49. The number of aryl methyl sites for hydroxylation is 2. The van der Waals surface area contributed by atoms with Crippen molar-refractivity contribution >= 4 is 43.5 Å². The van der Waals surface area contributed by atoms with Crippen LogP contribution in [0.1, 0.15) is 21.7 Å². The number of thiophene rings is 1. The highest BCUT2D eigenvalue weighted by atomic mass is 32.1. The van der Waals surface area contributed by atoms with Crippen LogP contribution >= 0.6 is 11.3 Å². The van der Waals surface area contributed by atoms with Crippen LogP contribution in [0.25, 0.3) is 32.1 Å². The maximum Gasteiger partial charge on any atom is 0.380 e. The number of benzene rings is 2. The maximum absolute atomic E-state index is 15.2. The summed E-state index contributed by atoms with van der Waals surface area (Å²) in [4.78, 5) is 3.14. The van der Waals surface area contributed by atoms with E-state index in [1.807, 2.05) is 0 Å². The Balaban J connectivity index is 2.00. The first-order valence-corrected chi connectivity index (χ1v) is 10.3. The highest BCUT2D eigenvalue weighted by molar-refractivity contribution is 7.19. The summed E-state index contributed by atoms with van der Waals surface area (Å²) >= 11 is 1.11. The number of halogens is 6. The molecule has 1 nitrogen and oxygen atoms in total. The predicted molar refractivity (Wildman–Crippen MR) is 111 cm³/mol. The van der Waals surface area contributed by atoms with E-state index in [0.29, 0.717) is 10.2 Å². The quantitative estimate of drug-likeness (QED) is 0.299. The summed E-state index contributed by atoms with van der Waals surface area (Å²) in [7, 11) is 0. The normalized spacial score (nSPS) is 19.6. The van der Waals surface area contributed by atoms with Gasteiger partial charge in [0.25, 0.3) is 0 Å². The van der Waals surface area contributed by atoms with Gasteiger partial charge < -0.3 is 4.98 Å². The predicted octanol–water partition coefficient (Wildman–Crippen LogP) is 7.83. The smallest absolute Gasteiger partial charge is 0.358 e. The van der Waals surface area contributed by atoms with Gasteiger partial charge in [-0.3, -0.25) is 0 Å². The van der Waals surface area contributed by atoms with Crippen molar-refractivity contribution in [1.82, 2.24) is 4.98 Å². The van der Waals surface area contributed by atoms with Gasteiger partial charge in [-0.15, -0.1) is 11.3 Å². The van der Waals surface area contributed by atoms with Gasteiger partial charge in [0.15, 0.2) is 0 Å². The van der Waals surface area contributed by atoms with Gasteiger partial charge in [0.2, 0.25) is 0 Å². The Bertz CT molecular complexity index is 1290. The van der Waals surface area contributed by atoms with Crippen molar-refractivity contribution in [3.8, 4) is 0 Å². The van der Waals surface area contributed by atoms with Gasteiger partial charge in [0, 0.05) is 53.8 Å². The molecule has 0 amide bonds. The summed E-state index contributed by atoms with van der Waals surface area (Å²) in [6, 6.07) is 12.6. The molecule has 0 atom stereocenters. The zero-order valence-electron chi connectivity index (χ0n) is 16.3. The van der Waals surface area contributed by atoms with Crippen molar-refractivity contribution in [2.45, 2.75) is 31.6 Å². The van der Waals surface area contributed by atoms with Crippen molar-refractivity contribution in [1.29, 1.82) is 0 Å². The summed E-state index contributed by atoms with van der Waals surface area (Å²) in [6.07, 6.45) is 0. The van der Waals surface area contributed by atoms with E-state index in [-0.39, 0.29) is 32.5 Å². The minimum Gasteiger partial charge on any atom is -0.358 e. The van der Waals surface area contributed by atoms with Gasteiger partial charge in [-0.2, -0.15) is 26.3 Å². The molecule has 1 aliphatic rings. The molecule has 0 spiro atoms. The van der Waals surface area contributed by atoms with E-state index < -0.39 is 28.9 Å². The highest BCUT2D eigenvalue weighted by Gasteiger charge is 2.80. The fourth-order valence-electron chi connectivity index (χ4n) is 4.47. The van der Waals surface area contributed by atoms with Gasteiger partial charge in [0.05, 0.1) is 0 Å². The molecule has 0 saturated carbocycles. The molecule has 1 aliphatic carbocycles. The van der Waals surface area contributed by atoms with Gasteiger partial charge >= 0.3 is 17.8 Å². The first kappa shape index (κ1) is 20.2. The number of aromatic amines is 1. The average Bonchev–Trinajstić information content (AvgIpc) is 3.23. The third-order valence-electron chi connectivity index (χ3n) is 5.83. The molecule has 31 heavy (non-hydrogen) atoms. The molecule has 0 saturated heterocycles. The molecule has 1 N–H and O–H groups in total. The zero-order chi connectivity index (χ0) is 22.3. The molecule has 2 aromatic carbocycles. The number of para-hydroxylation sites is 1. The molecule has 0 fully saturated rings. The Morgan fingerprint density at radius 2 is 1.26 bits per heavy atom. The Morgan fingerprint density at radius 3 is 1.94 bits per heavy atom. The van der Waals surface area contributed by atoms with Crippen LogP contribution in [-0.4, -0.2) is 22.8 Å². The largest absolute Gasteiger partial charge is 0.380 e. The van der Waals surface area contributed by atoms with E-state index in [2.05, 4.69) is 4.98 Å². The van der Waals surface area contributed by atoms with E-state index in [4.69, 9.17) is 0 Å². The number of rotatable bonds is 2. The van der Waals surface area contributed by atoms with E-state index in [9.17, 15) is 8.78 Å². The second-order valence-corrected chi connectivity index (χ2v) is 8.93. The van der Waals surface area contributed by atoms with Gasteiger partial charge in [0.1, 0.15) is 0 Å². The number of allylic oxidation sites excluding steroid dienone is 2. The zero-order valence-corrected chi connectivity index (χ0v) is 17.1. The van der Waals surface area contributed by atoms with Crippen molar-refractivity contribution in [2.75, 3.05) is 0 Å². The fraction of sp³-hybridized carbons (Fsp3) is 0.217. The Morgan fingerprint density at radius 1 is 0.710 bits per heavy atom. The Labute approximate surface area is 177 Å². The average molecular weight is 451 g/mol. The number of nitrogens with one attached hydrogen (secondary N) is 1. The number of alkyl halides is 6. The summed E-state index contributed by atoms with van der Waals surface area (Å²) in [5.74, 6) is -15.7. The molecule has 2 aromatic heterocycles. The van der Waals surface area contributed by atoms with Crippen LogP contribution in [0.4, 0.5) is 26.3 Å². The topological polar surface area (TPSA) is 15.8 Å². The lowest BCUT2D eigenvalue weighted by atomic mass is 9.91. The van der Waals surface area contributed by atoms with Crippen LogP contribution in [0.5, 0.6) is 0 Å². The number of fused-ring (bicyclic) bond motifs is 2. The van der Waals surface area contributed by atoms with Crippen molar-refractivity contribution in [3.05, 3.63) is 70.2 Å². The van der Waals surface area contributed by atoms with Gasteiger partial charge in [-0.1, -0.05) is 36.4 Å². The molecule has 0 aliphatic heterocycles. The van der Waals surface area contributed by atoms with Crippen LogP contribution in [0.2, 0.25) is 0 Å². The molecule has 0 bridgehead atoms. The van der Waals surface area contributed by atoms with Crippen LogP contribution in [0.15, 0.2) is 48.5 Å². The molecule has 0 unspecified atom stereocenters. The Kier molecular flexibility index (Phi) is 4.01. The van der Waals surface area contributed by atoms with Crippen LogP contribution in [0.3, 0.4) is 0 Å². The summed E-state index contributed by atoms with van der Waals surface area (Å²) in [5.41, 5.74) is -2.64. The molecular formula is C23H15F6NS. The summed E-state index contributed by atoms with van der Waals surface area (Å²) < 4.78 is 90.9. The van der Waals surface area contributed by atoms with Crippen LogP contribution in [0, 0.1) is 13.8 Å². The molecule has 4 aromatic rings. The molecule has 2 heterocycles. The summed E-state index contributed by atoms with van der Waals surface area (Å²) in [6.45, 7) is 2.90. The minimum atomic E-state index is -5.58. The standard InChI is InChI=1S/C23H15F6NS/c1-11-17(13-7-3-5-9-15(13)30-11)19-20(22(26,27)23(28,29)21(19,24)25)18-12(2)31-16-10-6-4-8-14(16)18/h3-10,30H,1-2H3. The first-order chi connectivity index (χ1) is 14.5. The SMILES string of the molecule is Cc1[nH]c2ccccc2c1C1=C(c2c(C)sc3ccccc23)C(F)(F)C(F)(F)C1(F)F. The molecule has 8 heteroatoms. The highest BCUT2D eigenvalue weighted by Crippen LogP contribution is 2.66.